The Kier molecular flexibility index (Phi) is 3.87. The Balaban J connectivity index is 3.00. The summed E-state index contributed by atoms with van der Waals surface area (Å²) in [6, 6.07) is 0. The van der Waals surface area contributed by atoms with Crippen LogP contribution in [-0.4, -0.2) is 31.1 Å². The van der Waals surface area contributed by atoms with Crippen LogP contribution in [0.4, 0.5) is 8.78 Å². The van der Waals surface area contributed by atoms with Gasteiger partial charge in [-0.3, -0.25) is 0 Å². The lowest BCUT2D eigenvalue weighted by molar-refractivity contribution is -0.133. The van der Waals surface area contributed by atoms with Gasteiger partial charge in [-0.15, -0.1) is 0 Å². The molecule has 0 aromatic carbocycles. The van der Waals surface area contributed by atoms with Crippen molar-refractivity contribution in [1.82, 2.24) is 0 Å². The molecule has 0 amide bonds. The van der Waals surface area contributed by atoms with Crippen LogP contribution in [0.3, 0.4) is 0 Å². The van der Waals surface area contributed by atoms with Crippen molar-refractivity contribution in [3.05, 3.63) is 0 Å². The summed E-state index contributed by atoms with van der Waals surface area (Å²) in [6.07, 6.45) is 1.19. The van der Waals surface area contributed by atoms with Crippen LogP contribution in [0.15, 0.2) is 0 Å². The van der Waals surface area contributed by atoms with E-state index in [0.29, 0.717) is 12.8 Å². The lowest BCUT2D eigenvalue weighted by Gasteiger charge is -2.37. The number of rotatable bonds is 5. The van der Waals surface area contributed by atoms with Gasteiger partial charge in [0.1, 0.15) is 0 Å². The molecule has 1 fully saturated rings. The maximum atomic E-state index is 12.7. The first-order valence-electron chi connectivity index (χ1n) is 6.01. The maximum Gasteiger partial charge on any atom is 0.345 e. The van der Waals surface area contributed by atoms with E-state index in [1.54, 1.807) is 0 Å². The van der Waals surface area contributed by atoms with Gasteiger partial charge in [-0.2, -0.15) is 8.78 Å². The Bertz CT molecular complexity index is 404. The van der Waals surface area contributed by atoms with Crippen molar-refractivity contribution in [3.63, 3.8) is 0 Å². The average molecular weight is 284 g/mol. The quantitative estimate of drug-likeness (QED) is 0.779. The maximum absolute atomic E-state index is 12.7. The van der Waals surface area contributed by atoms with Crippen molar-refractivity contribution < 1.29 is 21.9 Å². The number of alkyl halides is 2. The molecule has 18 heavy (non-hydrogen) atoms. The zero-order valence-electron chi connectivity index (χ0n) is 11.6. The molecule has 0 bridgehead atoms. The minimum atomic E-state index is -3.54. The molecule has 1 aliphatic rings. The molecule has 0 spiro atoms. The summed E-state index contributed by atoms with van der Waals surface area (Å²) >= 11 is 0. The third-order valence-electron chi connectivity index (χ3n) is 3.87. The predicted molar refractivity (Wildman–Crippen MR) is 66.4 cm³/mol. The van der Waals surface area contributed by atoms with E-state index in [4.69, 9.17) is 0 Å². The van der Waals surface area contributed by atoms with Crippen LogP contribution in [0.2, 0.25) is 0 Å². The Hall–Kier alpha value is -0.230. The Morgan fingerprint density at radius 1 is 1.17 bits per heavy atom. The van der Waals surface area contributed by atoms with E-state index in [1.807, 2.05) is 20.8 Å². The van der Waals surface area contributed by atoms with Crippen LogP contribution in [-0.2, 0) is 14.6 Å². The lowest BCUT2D eigenvalue weighted by atomic mass is 9.89. The molecule has 0 saturated heterocycles. The van der Waals surface area contributed by atoms with Gasteiger partial charge in [0.15, 0.2) is 9.84 Å². The Morgan fingerprint density at radius 2 is 1.61 bits per heavy atom. The summed E-state index contributed by atoms with van der Waals surface area (Å²) in [5.41, 5.74) is -0.395. The van der Waals surface area contributed by atoms with Gasteiger partial charge in [0, 0.05) is 0 Å². The largest absolute Gasteiger partial charge is 0.345 e. The summed E-state index contributed by atoms with van der Waals surface area (Å²) in [4.78, 5) is 0. The normalized spacial score (nSPS) is 20.2. The molecule has 1 rings (SSSR count). The van der Waals surface area contributed by atoms with Gasteiger partial charge in [-0.05, 0) is 32.1 Å². The second-order valence-corrected chi connectivity index (χ2v) is 9.47. The highest BCUT2D eigenvalue weighted by Gasteiger charge is 2.65. The minimum Gasteiger partial charge on any atom is -0.321 e. The van der Waals surface area contributed by atoms with E-state index in [0.717, 1.165) is 0 Å². The number of halogens is 2. The number of hydrogen-bond donors (Lipinski definition) is 0. The third kappa shape index (κ3) is 2.41. The second-order valence-electron chi connectivity index (χ2n) is 6.58. The van der Waals surface area contributed by atoms with Crippen molar-refractivity contribution >= 4 is 9.84 Å². The fourth-order valence-electron chi connectivity index (χ4n) is 2.41. The molecule has 3 nitrogen and oxygen atoms in total. The molecular formula is C12H22F2O3S. The van der Waals surface area contributed by atoms with E-state index < -0.39 is 38.0 Å². The first-order valence-corrected chi connectivity index (χ1v) is 7.50. The van der Waals surface area contributed by atoms with E-state index in [1.165, 1.54) is 13.8 Å². The Morgan fingerprint density at radius 3 is 1.89 bits per heavy atom. The van der Waals surface area contributed by atoms with E-state index in [2.05, 4.69) is 4.74 Å². The smallest absolute Gasteiger partial charge is 0.321 e. The van der Waals surface area contributed by atoms with Crippen LogP contribution >= 0.6 is 0 Å². The van der Waals surface area contributed by atoms with Crippen molar-refractivity contribution in [2.24, 2.45) is 5.41 Å². The highest BCUT2D eigenvalue weighted by atomic mass is 32.2. The molecule has 0 heterocycles. The fraction of sp³-hybridized carbons (Fsp3) is 1.00. The highest BCUT2D eigenvalue weighted by molar-refractivity contribution is 7.94. The molecule has 0 N–H and O–H groups in total. The van der Waals surface area contributed by atoms with Crippen LogP contribution in [0.1, 0.15) is 47.5 Å². The van der Waals surface area contributed by atoms with Crippen LogP contribution in [0.25, 0.3) is 0 Å². The molecule has 6 heteroatoms. The Labute approximate surface area is 108 Å². The van der Waals surface area contributed by atoms with Crippen LogP contribution in [0, 0.1) is 5.41 Å². The van der Waals surface area contributed by atoms with Gasteiger partial charge in [0.05, 0.1) is 16.1 Å². The zero-order chi connectivity index (χ0) is 14.4. The van der Waals surface area contributed by atoms with E-state index in [9.17, 15) is 17.2 Å². The molecule has 0 aromatic rings. The molecule has 0 radical (unpaired) electrons. The highest BCUT2D eigenvalue weighted by Crippen LogP contribution is 2.58. The third-order valence-corrected chi connectivity index (χ3v) is 7.49. The topological polar surface area (TPSA) is 43.4 Å². The molecule has 0 unspecified atom stereocenters. The minimum absolute atomic E-state index is 0.395. The standard InChI is InChI=1S/C12H22F2O3S/c1-10(2,3)12(6-7-12)18(15,16)11(4,5)8-17-9(13)14/h9H,6-8H2,1-5H3. The molecular weight excluding hydrogens is 262 g/mol. The summed E-state index contributed by atoms with van der Waals surface area (Å²) in [5, 5.41) is 0. The SMILES string of the molecule is CC(C)(C)C1(S(=O)(=O)C(C)(C)COC(F)F)CC1. The van der Waals surface area contributed by atoms with Crippen molar-refractivity contribution in [2.45, 2.75) is 63.6 Å². The number of ether oxygens (including phenoxy) is 1. The summed E-state index contributed by atoms with van der Waals surface area (Å²) < 4.78 is 51.6. The summed E-state index contributed by atoms with van der Waals surface area (Å²) in [7, 11) is -3.54. The zero-order valence-corrected chi connectivity index (χ0v) is 12.4. The van der Waals surface area contributed by atoms with Gasteiger partial charge >= 0.3 is 6.61 Å². The molecule has 1 saturated carbocycles. The van der Waals surface area contributed by atoms with Crippen LogP contribution < -0.4 is 0 Å². The first-order chi connectivity index (χ1) is 7.87. The monoisotopic (exact) mass is 284 g/mol. The fourth-order valence-corrected chi connectivity index (χ4v) is 5.13. The second kappa shape index (κ2) is 4.40. The summed E-state index contributed by atoms with van der Waals surface area (Å²) in [5.74, 6) is 0. The van der Waals surface area contributed by atoms with E-state index >= 15 is 0 Å². The van der Waals surface area contributed by atoms with Gasteiger partial charge in [0.25, 0.3) is 0 Å². The van der Waals surface area contributed by atoms with Crippen LogP contribution in [0.5, 0.6) is 0 Å². The van der Waals surface area contributed by atoms with Gasteiger partial charge < -0.3 is 4.74 Å². The van der Waals surface area contributed by atoms with Gasteiger partial charge in [-0.1, -0.05) is 20.8 Å². The molecule has 0 atom stereocenters. The summed E-state index contributed by atoms with van der Waals surface area (Å²) in [6.45, 7) is 5.12. The molecule has 108 valence electrons. The lowest BCUT2D eigenvalue weighted by Crippen LogP contribution is -2.50. The number of sulfone groups is 1. The molecule has 0 aliphatic heterocycles. The number of hydrogen-bond acceptors (Lipinski definition) is 3. The molecule has 1 aliphatic carbocycles. The van der Waals surface area contributed by atoms with E-state index in [-0.39, 0.29) is 0 Å². The van der Waals surface area contributed by atoms with Crippen molar-refractivity contribution in [2.75, 3.05) is 6.61 Å². The molecule has 0 aromatic heterocycles. The van der Waals surface area contributed by atoms with Crippen molar-refractivity contribution in [3.8, 4) is 0 Å². The van der Waals surface area contributed by atoms with Gasteiger partial charge in [-0.25, -0.2) is 8.42 Å². The first kappa shape index (κ1) is 15.8. The van der Waals surface area contributed by atoms with Crippen molar-refractivity contribution in [1.29, 1.82) is 0 Å². The van der Waals surface area contributed by atoms with Gasteiger partial charge in [0.2, 0.25) is 0 Å². The average Bonchev–Trinajstić information content (AvgIpc) is 2.93. The predicted octanol–water partition coefficient (Wildman–Crippen LogP) is 3.00.